The Morgan fingerprint density at radius 3 is 2.47 bits per heavy atom. The fourth-order valence-corrected chi connectivity index (χ4v) is 2.09. The van der Waals surface area contributed by atoms with Crippen molar-refractivity contribution in [2.24, 2.45) is 5.92 Å². The van der Waals surface area contributed by atoms with E-state index in [0.29, 0.717) is 11.7 Å². The first kappa shape index (κ1) is 13.7. The molecule has 1 N–H and O–H groups in total. The number of hydrogen-bond acceptors (Lipinski definition) is 4. The summed E-state index contributed by atoms with van der Waals surface area (Å²) in [6.45, 7) is 4.12. The van der Waals surface area contributed by atoms with Crippen LogP contribution in [0.25, 0.3) is 11.0 Å². The molecule has 1 atom stereocenters. The van der Waals surface area contributed by atoms with Crippen molar-refractivity contribution in [3.05, 3.63) is 29.4 Å². The summed E-state index contributed by atoms with van der Waals surface area (Å²) in [5, 5.41) is 3.33. The lowest BCUT2D eigenvalue weighted by atomic mass is 10.1. The molecule has 1 aromatic carbocycles. The minimum Gasteiger partial charge on any atom is -0.358 e. The lowest BCUT2D eigenvalue weighted by Gasteiger charge is -2.16. The van der Waals surface area contributed by atoms with Crippen LogP contribution in [0.4, 0.5) is 5.82 Å². The molecule has 0 amide bonds. The van der Waals surface area contributed by atoms with Crippen LogP contribution in [0.5, 0.6) is 0 Å². The van der Waals surface area contributed by atoms with Crippen molar-refractivity contribution in [1.29, 1.82) is 0 Å². The van der Waals surface area contributed by atoms with Gasteiger partial charge in [0, 0.05) is 0 Å². The molecule has 0 spiro atoms. The molecule has 0 aliphatic heterocycles. The van der Waals surface area contributed by atoms with Crippen molar-refractivity contribution >= 4 is 34.7 Å². The molecular weight excluding hydrogens is 262 g/mol. The summed E-state index contributed by atoms with van der Waals surface area (Å²) in [6.07, 6.45) is 1.61. The summed E-state index contributed by atoms with van der Waals surface area (Å²) < 4.78 is 0. The van der Waals surface area contributed by atoms with Gasteiger partial charge < -0.3 is 10.1 Å². The van der Waals surface area contributed by atoms with Crippen LogP contribution in [-0.2, 0) is 4.79 Å². The van der Waals surface area contributed by atoms with Gasteiger partial charge in [-0.05, 0) is 24.5 Å². The lowest BCUT2D eigenvalue weighted by molar-refractivity contribution is -0.108. The number of anilines is 1. The number of fused-ring (bicyclic) bond motifs is 1. The van der Waals surface area contributed by atoms with Gasteiger partial charge in [0.05, 0.1) is 17.1 Å². The molecule has 2 aromatic rings. The van der Waals surface area contributed by atoms with Gasteiger partial charge in [-0.1, -0.05) is 37.6 Å². The minimum absolute atomic E-state index is 0.286. The topological polar surface area (TPSA) is 54.9 Å². The van der Waals surface area contributed by atoms with Crippen LogP contribution in [0.2, 0.25) is 5.15 Å². The van der Waals surface area contributed by atoms with E-state index in [1.165, 1.54) is 0 Å². The zero-order valence-corrected chi connectivity index (χ0v) is 11.7. The van der Waals surface area contributed by atoms with Gasteiger partial charge in [-0.15, -0.1) is 0 Å². The van der Waals surface area contributed by atoms with Crippen LogP contribution in [0.3, 0.4) is 0 Å². The van der Waals surface area contributed by atoms with Gasteiger partial charge in [0.2, 0.25) is 0 Å². The van der Waals surface area contributed by atoms with Crippen molar-refractivity contribution in [1.82, 2.24) is 9.97 Å². The molecule has 100 valence electrons. The predicted octanol–water partition coefficient (Wildman–Crippen LogP) is 3.31. The van der Waals surface area contributed by atoms with Crippen molar-refractivity contribution in [3.8, 4) is 0 Å². The summed E-state index contributed by atoms with van der Waals surface area (Å²) in [4.78, 5) is 19.7. The van der Waals surface area contributed by atoms with Gasteiger partial charge >= 0.3 is 0 Å². The van der Waals surface area contributed by atoms with Crippen LogP contribution in [0.1, 0.15) is 20.3 Å². The Morgan fingerprint density at radius 1 is 1.26 bits per heavy atom. The van der Waals surface area contributed by atoms with E-state index >= 15 is 0 Å². The highest BCUT2D eigenvalue weighted by atomic mass is 35.5. The van der Waals surface area contributed by atoms with Crippen LogP contribution >= 0.6 is 11.6 Å². The van der Waals surface area contributed by atoms with E-state index < -0.39 is 0 Å². The molecule has 0 aliphatic rings. The highest BCUT2D eigenvalue weighted by Gasteiger charge is 2.13. The van der Waals surface area contributed by atoms with E-state index in [2.05, 4.69) is 29.1 Å². The van der Waals surface area contributed by atoms with Crippen molar-refractivity contribution < 1.29 is 4.79 Å². The Bertz CT molecular complexity index is 586. The van der Waals surface area contributed by atoms with Gasteiger partial charge in [-0.2, -0.15) is 0 Å². The molecule has 19 heavy (non-hydrogen) atoms. The van der Waals surface area contributed by atoms with Gasteiger partial charge in [-0.3, -0.25) is 0 Å². The van der Waals surface area contributed by atoms with Gasteiger partial charge in [0.15, 0.2) is 11.0 Å². The second-order valence-electron chi connectivity index (χ2n) is 4.87. The second-order valence-corrected chi connectivity index (χ2v) is 5.23. The maximum Gasteiger partial charge on any atom is 0.172 e. The maximum atomic E-state index is 11.1. The Balaban J connectivity index is 2.28. The molecule has 1 aromatic heterocycles. The van der Waals surface area contributed by atoms with Crippen molar-refractivity contribution in [2.45, 2.75) is 26.3 Å². The average molecular weight is 278 g/mol. The van der Waals surface area contributed by atoms with Gasteiger partial charge in [0.1, 0.15) is 6.29 Å². The highest BCUT2D eigenvalue weighted by Crippen LogP contribution is 2.22. The monoisotopic (exact) mass is 277 g/mol. The summed E-state index contributed by atoms with van der Waals surface area (Å²) >= 11 is 6.09. The standard InChI is InChI=1S/C14H16ClN3O/c1-9(2)7-10(8-19)16-14-13(15)17-11-5-3-4-6-12(11)18-14/h3-6,8-10H,7H2,1-2H3,(H,16,18). The average Bonchev–Trinajstić information content (AvgIpc) is 2.38. The Kier molecular flexibility index (Phi) is 4.32. The van der Waals surface area contributed by atoms with Gasteiger partial charge in [0.25, 0.3) is 0 Å². The Labute approximate surface area is 117 Å². The molecule has 0 aliphatic carbocycles. The Morgan fingerprint density at radius 2 is 1.89 bits per heavy atom. The maximum absolute atomic E-state index is 11.1. The largest absolute Gasteiger partial charge is 0.358 e. The number of halogens is 1. The van der Waals surface area contributed by atoms with Crippen molar-refractivity contribution in [3.63, 3.8) is 0 Å². The summed E-state index contributed by atoms with van der Waals surface area (Å²) in [5.41, 5.74) is 1.49. The number of carbonyl (C=O) groups is 1. The predicted molar refractivity (Wildman–Crippen MR) is 77.5 cm³/mol. The Hall–Kier alpha value is -1.68. The zero-order chi connectivity index (χ0) is 13.8. The smallest absolute Gasteiger partial charge is 0.172 e. The number of aromatic nitrogens is 2. The lowest BCUT2D eigenvalue weighted by Crippen LogP contribution is -2.24. The molecule has 1 unspecified atom stereocenters. The molecule has 4 nitrogen and oxygen atoms in total. The van der Waals surface area contributed by atoms with Crippen LogP contribution in [0, 0.1) is 5.92 Å². The normalized spacial score (nSPS) is 12.6. The highest BCUT2D eigenvalue weighted by molar-refractivity contribution is 6.32. The fraction of sp³-hybridized carbons (Fsp3) is 0.357. The number of nitrogens with zero attached hydrogens (tertiary/aromatic N) is 2. The summed E-state index contributed by atoms with van der Waals surface area (Å²) in [6, 6.07) is 7.19. The van der Waals surface area contributed by atoms with E-state index in [-0.39, 0.29) is 11.2 Å². The molecule has 0 bridgehead atoms. The molecule has 0 fully saturated rings. The number of nitrogens with one attached hydrogen (secondary N) is 1. The third kappa shape index (κ3) is 3.41. The van der Waals surface area contributed by atoms with E-state index in [9.17, 15) is 4.79 Å². The number of para-hydroxylation sites is 2. The minimum atomic E-state index is -0.298. The van der Waals surface area contributed by atoms with Gasteiger partial charge in [-0.25, -0.2) is 9.97 Å². The van der Waals surface area contributed by atoms with Crippen molar-refractivity contribution in [2.75, 3.05) is 5.32 Å². The first-order chi connectivity index (χ1) is 9.10. The number of rotatable bonds is 5. The number of hydrogen-bond donors (Lipinski definition) is 1. The summed E-state index contributed by atoms with van der Waals surface area (Å²) in [5.74, 6) is 0.869. The van der Waals surface area contributed by atoms with Crippen LogP contribution in [-0.4, -0.2) is 22.3 Å². The van der Waals surface area contributed by atoms with E-state index in [4.69, 9.17) is 11.6 Å². The molecule has 0 saturated carbocycles. The molecular formula is C14H16ClN3O. The van der Waals surface area contributed by atoms with Crippen LogP contribution in [0.15, 0.2) is 24.3 Å². The molecule has 5 heteroatoms. The quantitative estimate of drug-likeness (QED) is 0.852. The number of benzene rings is 1. The number of aldehydes is 1. The molecule has 0 radical (unpaired) electrons. The first-order valence-electron chi connectivity index (χ1n) is 6.24. The fourth-order valence-electron chi connectivity index (χ4n) is 1.90. The molecule has 0 saturated heterocycles. The number of carbonyl (C=O) groups excluding carboxylic acids is 1. The van der Waals surface area contributed by atoms with E-state index in [1.54, 1.807) is 0 Å². The first-order valence-corrected chi connectivity index (χ1v) is 6.62. The molecule has 1 heterocycles. The summed E-state index contributed by atoms with van der Waals surface area (Å²) in [7, 11) is 0. The molecule has 2 rings (SSSR count). The zero-order valence-electron chi connectivity index (χ0n) is 10.9. The van der Waals surface area contributed by atoms with E-state index in [1.807, 2.05) is 24.3 Å². The third-order valence-corrected chi connectivity index (χ3v) is 3.00. The SMILES string of the molecule is CC(C)CC(C=O)Nc1nc2ccccc2nc1Cl. The second kappa shape index (κ2) is 5.97. The van der Waals surface area contributed by atoms with Crippen LogP contribution < -0.4 is 5.32 Å². The van der Waals surface area contributed by atoms with E-state index in [0.717, 1.165) is 23.7 Å². The third-order valence-electron chi connectivity index (χ3n) is 2.74.